The van der Waals surface area contributed by atoms with Crippen molar-refractivity contribution < 1.29 is 24.2 Å². The summed E-state index contributed by atoms with van der Waals surface area (Å²) in [4.78, 5) is 36.7. The number of carboxylic acid groups (broad SMARTS) is 1. The van der Waals surface area contributed by atoms with Crippen molar-refractivity contribution in [3.63, 3.8) is 0 Å². The number of benzene rings is 2. The number of rotatable bonds is 7. The molecule has 2 aromatic rings. The number of hydrogen-bond acceptors (Lipinski definition) is 5. The van der Waals surface area contributed by atoms with Gasteiger partial charge in [0.1, 0.15) is 6.61 Å². The number of alkyl carbamates (subject to hydrolysis) is 1. The molecule has 2 fully saturated rings. The van der Waals surface area contributed by atoms with Gasteiger partial charge in [-0.25, -0.2) is 4.79 Å². The molecule has 0 atom stereocenters. The minimum Gasteiger partial charge on any atom is -0.481 e. The molecule has 7 nitrogen and oxygen atoms in total. The molecule has 3 N–H and O–H groups in total. The molecule has 0 spiro atoms. The minimum absolute atomic E-state index is 0.0184. The van der Waals surface area contributed by atoms with Crippen LogP contribution in [0.5, 0.6) is 0 Å². The van der Waals surface area contributed by atoms with Gasteiger partial charge in [0.2, 0.25) is 5.91 Å². The summed E-state index contributed by atoms with van der Waals surface area (Å²) in [5, 5.41) is 15.0. The molecule has 0 bridgehead atoms. The fraction of sp³-hybridized carbons (Fsp3) is 0.444. The number of amides is 2. The molecule has 1 heterocycles. The van der Waals surface area contributed by atoms with Crippen molar-refractivity contribution in [2.45, 2.75) is 49.6 Å². The molecule has 2 aliphatic carbocycles. The SMILES string of the molecule is O=C(CC1(NC(=O)OCC2c3ccccc3-c3ccccc32)CCSCC1)NC1CC(C(=O)O)C1. The number of nitrogens with one attached hydrogen (secondary N) is 2. The van der Waals surface area contributed by atoms with Gasteiger partial charge in [-0.2, -0.15) is 11.8 Å². The van der Waals surface area contributed by atoms with Crippen LogP contribution in [0.4, 0.5) is 4.79 Å². The van der Waals surface area contributed by atoms with E-state index in [1.54, 1.807) is 0 Å². The zero-order valence-electron chi connectivity index (χ0n) is 19.5. The Morgan fingerprint density at radius 2 is 1.57 bits per heavy atom. The van der Waals surface area contributed by atoms with Gasteiger partial charge in [-0.1, -0.05) is 48.5 Å². The molecule has 35 heavy (non-hydrogen) atoms. The second-order valence-corrected chi connectivity index (χ2v) is 11.0. The average molecular weight is 495 g/mol. The lowest BCUT2D eigenvalue weighted by atomic mass is 9.80. The maximum absolute atomic E-state index is 12.9. The monoisotopic (exact) mass is 494 g/mol. The van der Waals surface area contributed by atoms with E-state index >= 15 is 0 Å². The van der Waals surface area contributed by atoms with Gasteiger partial charge in [0.05, 0.1) is 11.5 Å². The maximum Gasteiger partial charge on any atom is 0.407 e. The number of aliphatic carboxylic acids is 1. The summed E-state index contributed by atoms with van der Waals surface area (Å²) < 4.78 is 5.75. The molecule has 1 aliphatic heterocycles. The van der Waals surface area contributed by atoms with Crippen LogP contribution in [0, 0.1) is 5.92 Å². The minimum atomic E-state index is -0.812. The van der Waals surface area contributed by atoms with Crippen LogP contribution in [0.25, 0.3) is 11.1 Å². The molecule has 2 amide bonds. The zero-order valence-corrected chi connectivity index (χ0v) is 20.3. The molecule has 0 unspecified atom stereocenters. The highest BCUT2D eigenvalue weighted by atomic mass is 32.2. The number of carboxylic acids is 1. The van der Waals surface area contributed by atoms with Crippen LogP contribution in [0.15, 0.2) is 48.5 Å². The highest BCUT2D eigenvalue weighted by molar-refractivity contribution is 7.99. The van der Waals surface area contributed by atoms with Crippen molar-refractivity contribution in [1.29, 1.82) is 0 Å². The molecule has 0 aromatic heterocycles. The quantitative estimate of drug-likeness (QED) is 0.534. The Morgan fingerprint density at radius 3 is 2.17 bits per heavy atom. The van der Waals surface area contributed by atoms with Crippen LogP contribution in [-0.4, -0.2) is 52.8 Å². The number of carbonyl (C=O) groups excluding carboxylic acids is 2. The Bertz CT molecular complexity index is 1080. The van der Waals surface area contributed by atoms with Gasteiger partial charge in [0.25, 0.3) is 0 Å². The van der Waals surface area contributed by atoms with Gasteiger partial charge in [-0.3, -0.25) is 9.59 Å². The van der Waals surface area contributed by atoms with Crippen molar-refractivity contribution in [3.8, 4) is 11.1 Å². The van der Waals surface area contributed by atoms with Gasteiger partial charge >= 0.3 is 12.1 Å². The van der Waals surface area contributed by atoms with Gasteiger partial charge in [-0.15, -0.1) is 0 Å². The van der Waals surface area contributed by atoms with Crippen LogP contribution in [0.2, 0.25) is 0 Å². The third-order valence-electron chi connectivity index (χ3n) is 7.51. The van der Waals surface area contributed by atoms with Crippen molar-refractivity contribution in [2.24, 2.45) is 5.92 Å². The van der Waals surface area contributed by atoms with Crippen molar-refractivity contribution in [3.05, 3.63) is 59.7 Å². The Kier molecular flexibility index (Phi) is 6.73. The molecular formula is C27H30N2O5S. The van der Waals surface area contributed by atoms with E-state index in [1.807, 2.05) is 36.0 Å². The normalized spacial score (nSPS) is 22.3. The molecule has 1 saturated carbocycles. The molecular weight excluding hydrogens is 464 g/mol. The topological polar surface area (TPSA) is 105 Å². The lowest BCUT2D eigenvalue weighted by Crippen LogP contribution is -2.55. The number of ether oxygens (including phenoxy) is 1. The van der Waals surface area contributed by atoms with E-state index in [4.69, 9.17) is 9.84 Å². The number of carbonyl (C=O) groups is 3. The van der Waals surface area contributed by atoms with Gasteiger partial charge in [0.15, 0.2) is 0 Å². The first-order chi connectivity index (χ1) is 16.9. The smallest absolute Gasteiger partial charge is 0.407 e. The predicted molar refractivity (Wildman–Crippen MR) is 134 cm³/mol. The van der Waals surface area contributed by atoms with E-state index < -0.39 is 17.6 Å². The standard InChI is InChI=1S/C27H30N2O5S/c30-24(28-18-13-17(14-18)25(31)32)15-27(9-11-35-12-10-27)29-26(33)34-16-23-21-7-3-1-5-19(21)20-6-2-4-8-22(20)23/h1-8,17-18,23H,9-16H2,(H,28,30)(H,29,33)(H,31,32). The summed E-state index contributed by atoms with van der Waals surface area (Å²) in [7, 11) is 0. The summed E-state index contributed by atoms with van der Waals surface area (Å²) in [6.45, 7) is 0.232. The van der Waals surface area contributed by atoms with E-state index in [2.05, 4.69) is 34.9 Å². The Morgan fingerprint density at radius 1 is 0.971 bits per heavy atom. The highest BCUT2D eigenvalue weighted by Crippen LogP contribution is 2.44. The summed E-state index contributed by atoms with van der Waals surface area (Å²) >= 11 is 1.81. The highest BCUT2D eigenvalue weighted by Gasteiger charge is 2.40. The van der Waals surface area contributed by atoms with E-state index in [-0.39, 0.29) is 36.8 Å². The van der Waals surface area contributed by atoms with Crippen molar-refractivity contribution in [1.82, 2.24) is 10.6 Å². The third kappa shape index (κ3) is 5.03. The first-order valence-corrected chi connectivity index (χ1v) is 13.3. The third-order valence-corrected chi connectivity index (χ3v) is 8.50. The first kappa shape index (κ1) is 23.7. The van der Waals surface area contributed by atoms with Crippen LogP contribution >= 0.6 is 11.8 Å². The van der Waals surface area contributed by atoms with Crippen LogP contribution in [-0.2, 0) is 14.3 Å². The van der Waals surface area contributed by atoms with E-state index in [0.717, 1.165) is 22.6 Å². The lowest BCUT2D eigenvalue weighted by Gasteiger charge is -2.38. The maximum atomic E-state index is 12.9. The Hall–Kier alpha value is -3.00. The predicted octanol–water partition coefficient (Wildman–Crippen LogP) is 4.16. The summed E-state index contributed by atoms with van der Waals surface area (Å²) in [5.41, 5.74) is 4.02. The average Bonchev–Trinajstić information content (AvgIpc) is 3.14. The summed E-state index contributed by atoms with van der Waals surface area (Å²) in [6.07, 6.45) is 1.98. The van der Waals surface area contributed by atoms with Crippen molar-refractivity contribution in [2.75, 3.05) is 18.1 Å². The molecule has 3 aliphatic rings. The van der Waals surface area contributed by atoms with Crippen LogP contribution < -0.4 is 10.6 Å². The molecule has 1 saturated heterocycles. The summed E-state index contributed by atoms with van der Waals surface area (Å²) in [5.74, 6) is 0.371. The lowest BCUT2D eigenvalue weighted by molar-refractivity contribution is -0.146. The fourth-order valence-corrected chi connectivity index (χ4v) is 6.76. The van der Waals surface area contributed by atoms with Gasteiger partial charge in [-0.05, 0) is 59.4 Å². The van der Waals surface area contributed by atoms with E-state index in [0.29, 0.717) is 25.7 Å². The molecule has 2 aromatic carbocycles. The second-order valence-electron chi connectivity index (χ2n) is 9.79. The zero-order chi connectivity index (χ0) is 24.4. The van der Waals surface area contributed by atoms with Crippen LogP contribution in [0.1, 0.15) is 49.1 Å². The van der Waals surface area contributed by atoms with E-state index in [1.165, 1.54) is 11.1 Å². The van der Waals surface area contributed by atoms with Crippen LogP contribution in [0.3, 0.4) is 0 Å². The van der Waals surface area contributed by atoms with E-state index in [9.17, 15) is 14.4 Å². The molecule has 184 valence electrons. The molecule has 8 heteroatoms. The van der Waals surface area contributed by atoms with Gasteiger partial charge < -0.3 is 20.5 Å². The number of hydrogen-bond donors (Lipinski definition) is 3. The Labute approximate surface area is 209 Å². The fourth-order valence-electron chi connectivity index (χ4n) is 5.48. The molecule has 5 rings (SSSR count). The van der Waals surface area contributed by atoms with Gasteiger partial charge in [0, 0.05) is 18.4 Å². The number of fused-ring (bicyclic) bond motifs is 3. The first-order valence-electron chi connectivity index (χ1n) is 12.2. The largest absolute Gasteiger partial charge is 0.481 e. The number of thioether (sulfide) groups is 1. The molecule has 0 radical (unpaired) electrons. The van der Waals surface area contributed by atoms with Crippen molar-refractivity contribution >= 4 is 29.7 Å². The second kappa shape index (κ2) is 9.93. The summed E-state index contributed by atoms with van der Waals surface area (Å²) in [6, 6.07) is 16.3. The Balaban J connectivity index is 1.20.